The van der Waals surface area contributed by atoms with Crippen LogP contribution in [0.4, 0.5) is 17.6 Å². The molecule has 0 radical (unpaired) electrons. The monoisotopic (exact) mass is 220 g/mol. The van der Waals surface area contributed by atoms with Gasteiger partial charge in [-0.1, -0.05) is 0 Å². The molecule has 0 unspecified atom stereocenters. The summed E-state index contributed by atoms with van der Waals surface area (Å²) in [6.07, 6.45) is -4.67. The van der Waals surface area contributed by atoms with Crippen LogP contribution < -0.4 is 0 Å². The first-order valence-electron chi connectivity index (χ1n) is 3.96. The zero-order chi connectivity index (χ0) is 11.2. The zero-order valence-corrected chi connectivity index (χ0v) is 7.19. The van der Waals surface area contributed by atoms with Crippen molar-refractivity contribution in [3.8, 4) is 0 Å². The summed E-state index contributed by atoms with van der Waals surface area (Å²) in [5, 5.41) is 0. The lowest BCUT2D eigenvalue weighted by Gasteiger charge is -2.07. The van der Waals surface area contributed by atoms with E-state index in [2.05, 4.69) is 4.74 Å². The number of carbonyl (C=O) groups is 1. The number of esters is 1. The quantitative estimate of drug-likeness (QED) is 0.496. The summed E-state index contributed by atoms with van der Waals surface area (Å²) in [5.74, 6) is -1.99. The maximum absolute atomic E-state index is 13.1. The first-order valence-corrected chi connectivity index (χ1v) is 3.96. The van der Waals surface area contributed by atoms with Gasteiger partial charge in [0.1, 0.15) is 12.4 Å². The van der Waals surface area contributed by atoms with Crippen LogP contribution in [0.2, 0.25) is 0 Å². The summed E-state index contributed by atoms with van der Waals surface area (Å²) in [4.78, 5) is 10.9. The molecule has 0 bridgehead atoms. The standard InChI is InChI=1S/C9H4F4O2/c10-7-2-4(9(11,12)13)1-5-6(7)3-15-8(5)14/h1-2H,3H2. The van der Waals surface area contributed by atoms with Gasteiger partial charge >= 0.3 is 12.1 Å². The van der Waals surface area contributed by atoms with Gasteiger partial charge in [-0.25, -0.2) is 9.18 Å². The number of fused-ring (bicyclic) bond motifs is 1. The Kier molecular flexibility index (Phi) is 1.95. The predicted octanol–water partition coefficient (Wildman–Crippen LogP) is 2.51. The number of ether oxygens (including phenoxy) is 1. The Labute approximate surface area is 81.5 Å². The fraction of sp³-hybridized carbons (Fsp3) is 0.222. The number of hydrogen-bond acceptors (Lipinski definition) is 2. The Hall–Kier alpha value is -1.59. The molecule has 80 valence electrons. The molecule has 1 aromatic rings. The molecule has 15 heavy (non-hydrogen) atoms. The van der Waals surface area contributed by atoms with Crippen LogP contribution in [0.25, 0.3) is 0 Å². The van der Waals surface area contributed by atoms with Crippen molar-refractivity contribution < 1.29 is 27.1 Å². The Morgan fingerprint density at radius 1 is 1.27 bits per heavy atom. The van der Waals surface area contributed by atoms with Crippen molar-refractivity contribution in [2.45, 2.75) is 12.8 Å². The molecule has 0 aromatic heterocycles. The number of cyclic esters (lactones) is 1. The summed E-state index contributed by atoms with van der Waals surface area (Å²) >= 11 is 0. The Balaban J connectivity index is 2.61. The number of hydrogen-bond donors (Lipinski definition) is 0. The summed E-state index contributed by atoms with van der Waals surface area (Å²) < 4.78 is 54.3. The molecule has 0 spiro atoms. The van der Waals surface area contributed by atoms with E-state index in [4.69, 9.17) is 0 Å². The minimum absolute atomic E-state index is 0.118. The normalized spacial score (nSPS) is 15.1. The molecule has 1 aliphatic rings. The first-order chi connectivity index (χ1) is 6.89. The van der Waals surface area contributed by atoms with Crippen LogP contribution in [0.1, 0.15) is 21.5 Å². The second-order valence-electron chi connectivity index (χ2n) is 3.06. The molecule has 0 saturated carbocycles. The second-order valence-corrected chi connectivity index (χ2v) is 3.06. The minimum atomic E-state index is -4.67. The average molecular weight is 220 g/mol. The predicted molar refractivity (Wildman–Crippen MR) is 40.5 cm³/mol. The van der Waals surface area contributed by atoms with Gasteiger partial charge in [-0.05, 0) is 12.1 Å². The van der Waals surface area contributed by atoms with E-state index in [9.17, 15) is 22.4 Å². The van der Waals surface area contributed by atoms with Gasteiger partial charge in [0.25, 0.3) is 0 Å². The van der Waals surface area contributed by atoms with E-state index in [1.165, 1.54) is 0 Å². The Morgan fingerprint density at radius 2 is 1.93 bits per heavy atom. The molecule has 1 aliphatic heterocycles. The van der Waals surface area contributed by atoms with Gasteiger partial charge in [-0.15, -0.1) is 0 Å². The lowest BCUT2D eigenvalue weighted by Crippen LogP contribution is -2.08. The summed E-state index contributed by atoms with van der Waals surface area (Å²) in [6, 6.07) is 0.967. The second kappa shape index (κ2) is 2.95. The van der Waals surface area contributed by atoms with E-state index < -0.39 is 23.5 Å². The van der Waals surface area contributed by atoms with E-state index >= 15 is 0 Å². The topological polar surface area (TPSA) is 26.3 Å². The average Bonchev–Trinajstić information content (AvgIpc) is 2.47. The van der Waals surface area contributed by atoms with E-state index in [-0.39, 0.29) is 17.7 Å². The van der Waals surface area contributed by atoms with Crippen LogP contribution in [-0.2, 0) is 17.5 Å². The first kappa shape index (κ1) is 9.95. The molecule has 2 rings (SSSR count). The number of halogens is 4. The Bertz CT molecular complexity index is 436. The molecular formula is C9H4F4O2. The highest BCUT2D eigenvalue weighted by Gasteiger charge is 2.35. The van der Waals surface area contributed by atoms with Crippen LogP contribution in [-0.4, -0.2) is 5.97 Å². The molecular weight excluding hydrogens is 216 g/mol. The van der Waals surface area contributed by atoms with Crippen molar-refractivity contribution in [2.75, 3.05) is 0 Å². The van der Waals surface area contributed by atoms with E-state index in [1.54, 1.807) is 0 Å². The molecule has 0 fully saturated rings. The van der Waals surface area contributed by atoms with Gasteiger partial charge in [0.2, 0.25) is 0 Å². The van der Waals surface area contributed by atoms with Crippen LogP contribution >= 0.6 is 0 Å². The van der Waals surface area contributed by atoms with Gasteiger partial charge < -0.3 is 4.74 Å². The third-order valence-corrected chi connectivity index (χ3v) is 2.09. The molecule has 1 aromatic carbocycles. The molecule has 1 heterocycles. The van der Waals surface area contributed by atoms with Crippen LogP contribution in [0, 0.1) is 5.82 Å². The number of carbonyl (C=O) groups excluding carboxylic acids is 1. The molecule has 0 N–H and O–H groups in total. The van der Waals surface area contributed by atoms with E-state index in [1.807, 2.05) is 0 Å². The molecule has 2 nitrogen and oxygen atoms in total. The fourth-order valence-corrected chi connectivity index (χ4v) is 1.34. The third kappa shape index (κ3) is 1.55. The maximum Gasteiger partial charge on any atom is 0.416 e. The maximum atomic E-state index is 13.1. The highest BCUT2D eigenvalue weighted by Crippen LogP contribution is 2.33. The fourth-order valence-electron chi connectivity index (χ4n) is 1.34. The van der Waals surface area contributed by atoms with Crippen LogP contribution in [0.5, 0.6) is 0 Å². The van der Waals surface area contributed by atoms with Gasteiger partial charge in [0.05, 0.1) is 11.1 Å². The molecule has 6 heteroatoms. The van der Waals surface area contributed by atoms with Crippen molar-refractivity contribution in [3.05, 3.63) is 34.6 Å². The highest BCUT2D eigenvalue weighted by atomic mass is 19.4. The van der Waals surface area contributed by atoms with Gasteiger partial charge in [0.15, 0.2) is 0 Å². The third-order valence-electron chi connectivity index (χ3n) is 2.09. The van der Waals surface area contributed by atoms with Crippen molar-refractivity contribution in [2.24, 2.45) is 0 Å². The summed E-state index contributed by atoms with van der Waals surface area (Å²) in [7, 11) is 0. The van der Waals surface area contributed by atoms with Crippen molar-refractivity contribution in [1.82, 2.24) is 0 Å². The molecule has 0 atom stereocenters. The SMILES string of the molecule is O=C1OCc2c(F)cc(C(F)(F)F)cc21. The molecule has 0 saturated heterocycles. The number of benzene rings is 1. The highest BCUT2D eigenvalue weighted by molar-refractivity contribution is 5.93. The number of rotatable bonds is 0. The number of alkyl halides is 3. The van der Waals surface area contributed by atoms with Gasteiger partial charge in [0, 0.05) is 5.56 Å². The molecule has 0 aliphatic carbocycles. The summed E-state index contributed by atoms with van der Waals surface area (Å²) in [6.45, 7) is -0.307. The van der Waals surface area contributed by atoms with Crippen LogP contribution in [0.15, 0.2) is 12.1 Å². The van der Waals surface area contributed by atoms with Crippen LogP contribution in [0.3, 0.4) is 0 Å². The zero-order valence-electron chi connectivity index (χ0n) is 7.19. The lowest BCUT2D eigenvalue weighted by atomic mass is 10.1. The van der Waals surface area contributed by atoms with Crippen molar-refractivity contribution in [1.29, 1.82) is 0 Å². The van der Waals surface area contributed by atoms with Gasteiger partial charge in [-0.2, -0.15) is 13.2 Å². The summed E-state index contributed by atoms with van der Waals surface area (Å²) in [5.41, 5.74) is -1.65. The van der Waals surface area contributed by atoms with E-state index in [0.717, 1.165) is 0 Å². The van der Waals surface area contributed by atoms with Gasteiger partial charge in [-0.3, -0.25) is 0 Å². The smallest absolute Gasteiger partial charge is 0.416 e. The van der Waals surface area contributed by atoms with Crippen molar-refractivity contribution in [3.63, 3.8) is 0 Å². The minimum Gasteiger partial charge on any atom is -0.457 e. The lowest BCUT2D eigenvalue weighted by molar-refractivity contribution is -0.137. The Morgan fingerprint density at radius 3 is 2.53 bits per heavy atom. The largest absolute Gasteiger partial charge is 0.457 e. The van der Waals surface area contributed by atoms with E-state index in [0.29, 0.717) is 12.1 Å². The van der Waals surface area contributed by atoms with Crippen molar-refractivity contribution >= 4 is 5.97 Å². The molecule has 0 amide bonds.